The van der Waals surface area contributed by atoms with Crippen LogP contribution in [0.15, 0.2) is 41.6 Å². The van der Waals surface area contributed by atoms with Crippen LogP contribution in [-0.4, -0.2) is 16.2 Å². The van der Waals surface area contributed by atoms with Crippen LogP contribution in [0, 0.1) is 6.92 Å². The highest BCUT2D eigenvalue weighted by Gasteiger charge is 2.12. The Morgan fingerprint density at radius 2 is 1.82 bits per heavy atom. The van der Waals surface area contributed by atoms with E-state index in [4.69, 9.17) is 16.8 Å². The van der Waals surface area contributed by atoms with Gasteiger partial charge < -0.3 is 5.21 Å². The summed E-state index contributed by atoms with van der Waals surface area (Å²) in [6, 6.07) is 11.2. The standard InChI is InChI=1S/C13H10ClNO2/c1-8-2-3-10-7-11(5-4-9(10)6-8)12(16)13(14)15-17/h2-7,17H,1H3. The molecule has 0 fully saturated rings. The molecule has 1 N–H and O–H groups in total. The Hall–Kier alpha value is -1.87. The van der Waals surface area contributed by atoms with Crippen molar-refractivity contribution < 1.29 is 10.0 Å². The van der Waals surface area contributed by atoms with E-state index >= 15 is 0 Å². The highest BCUT2D eigenvalue weighted by molar-refractivity contribution is 6.84. The minimum Gasteiger partial charge on any atom is -0.410 e. The van der Waals surface area contributed by atoms with E-state index in [1.54, 1.807) is 12.1 Å². The van der Waals surface area contributed by atoms with Gasteiger partial charge in [0.15, 0.2) is 0 Å². The molecular weight excluding hydrogens is 238 g/mol. The smallest absolute Gasteiger partial charge is 0.226 e. The summed E-state index contributed by atoms with van der Waals surface area (Å²) in [6.45, 7) is 2.01. The second-order valence-electron chi connectivity index (χ2n) is 3.79. The fraction of sp³-hybridized carbons (Fsp3) is 0.0769. The van der Waals surface area contributed by atoms with Crippen LogP contribution in [0.4, 0.5) is 0 Å². The van der Waals surface area contributed by atoms with E-state index in [1.807, 2.05) is 31.2 Å². The highest BCUT2D eigenvalue weighted by atomic mass is 35.5. The molecule has 0 aromatic heterocycles. The van der Waals surface area contributed by atoms with Crippen molar-refractivity contribution in [2.75, 3.05) is 0 Å². The van der Waals surface area contributed by atoms with Crippen molar-refractivity contribution in [3.05, 3.63) is 47.5 Å². The third kappa shape index (κ3) is 2.29. The number of Topliss-reactive ketones (excluding diaryl/α,β-unsaturated/α-hetero) is 1. The number of halogens is 1. The summed E-state index contributed by atoms with van der Waals surface area (Å²) >= 11 is 5.48. The molecule has 3 nitrogen and oxygen atoms in total. The van der Waals surface area contributed by atoms with Gasteiger partial charge in [0.05, 0.1) is 0 Å². The number of carbonyl (C=O) groups is 1. The van der Waals surface area contributed by atoms with E-state index in [9.17, 15) is 4.79 Å². The minimum absolute atomic E-state index is 0.407. The van der Waals surface area contributed by atoms with Gasteiger partial charge in [0.1, 0.15) is 0 Å². The van der Waals surface area contributed by atoms with Gasteiger partial charge in [-0.2, -0.15) is 0 Å². The molecule has 0 aliphatic heterocycles. The number of oxime groups is 1. The summed E-state index contributed by atoms with van der Waals surface area (Å²) in [6.07, 6.45) is 0. The highest BCUT2D eigenvalue weighted by Crippen LogP contribution is 2.18. The third-order valence-corrected chi connectivity index (χ3v) is 2.78. The van der Waals surface area contributed by atoms with Crippen LogP contribution in [0.2, 0.25) is 0 Å². The molecule has 2 aromatic carbocycles. The first-order chi connectivity index (χ1) is 8.11. The van der Waals surface area contributed by atoms with Crippen molar-refractivity contribution in [2.24, 2.45) is 5.16 Å². The molecule has 0 saturated heterocycles. The van der Waals surface area contributed by atoms with E-state index in [1.165, 1.54) is 0 Å². The van der Waals surface area contributed by atoms with Crippen molar-refractivity contribution in [3.63, 3.8) is 0 Å². The van der Waals surface area contributed by atoms with Crippen molar-refractivity contribution >= 4 is 33.3 Å². The first-order valence-electron chi connectivity index (χ1n) is 5.04. The molecule has 86 valence electrons. The van der Waals surface area contributed by atoms with E-state index in [2.05, 4.69) is 5.16 Å². The average Bonchev–Trinajstić information content (AvgIpc) is 2.36. The quantitative estimate of drug-likeness (QED) is 0.383. The predicted molar refractivity (Wildman–Crippen MR) is 68.1 cm³/mol. The zero-order valence-electron chi connectivity index (χ0n) is 9.14. The zero-order chi connectivity index (χ0) is 12.4. The molecule has 0 saturated carbocycles. The molecule has 0 heterocycles. The molecule has 0 bridgehead atoms. The fourth-order valence-electron chi connectivity index (χ4n) is 1.67. The lowest BCUT2D eigenvalue weighted by Gasteiger charge is -2.02. The van der Waals surface area contributed by atoms with Crippen LogP contribution in [0.1, 0.15) is 15.9 Å². The van der Waals surface area contributed by atoms with Gasteiger partial charge in [-0.25, -0.2) is 0 Å². The predicted octanol–water partition coefficient (Wildman–Crippen LogP) is 3.36. The van der Waals surface area contributed by atoms with Gasteiger partial charge in [-0.05, 0) is 23.8 Å². The van der Waals surface area contributed by atoms with E-state index in [-0.39, 0.29) is 0 Å². The average molecular weight is 248 g/mol. The number of ketones is 1. The molecule has 0 spiro atoms. The summed E-state index contributed by atoms with van der Waals surface area (Å²) in [4.78, 5) is 11.7. The van der Waals surface area contributed by atoms with Gasteiger partial charge >= 0.3 is 0 Å². The summed E-state index contributed by atoms with van der Waals surface area (Å²) in [5.74, 6) is -0.489. The summed E-state index contributed by atoms with van der Waals surface area (Å²) in [7, 11) is 0. The van der Waals surface area contributed by atoms with Gasteiger partial charge in [0, 0.05) is 5.56 Å². The number of fused-ring (bicyclic) bond motifs is 1. The van der Waals surface area contributed by atoms with Crippen LogP contribution in [-0.2, 0) is 0 Å². The van der Waals surface area contributed by atoms with Crippen molar-refractivity contribution in [2.45, 2.75) is 6.92 Å². The Kier molecular flexibility index (Phi) is 3.11. The Bertz CT molecular complexity index is 620. The zero-order valence-corrected chi connectivity index (χ0v) is 9.90. The summed E-state index contributed by atoms with van der Waals surface area (Å²) in [5, 5.41) is 12.7. The monoisotopic (exact) mass is 247 g/mol. The Labute approximate surface area is 103 Å². The second-order valence-corrected chi connectivity index (χ2v) is 4.14. The molecule has 0 radical (unpaired) electrons. The number of benzene rings is 2. The number of hydrogen-bond acceptors (Lipinski definition) is 3. The van der Waals surface area contributed by atoms with Crippen LogP contribution < -0.4 is 0 Å². The molecule has 0 amide bonds. The Morgan fingerprint density at radius 1 is 1.18 bits per heavy atom. The third-order valence-electron chi connectivity index (χ3n) is 2.53. The SMILES string of the molecule is Cc1ccc2cc(C(=O)C(Cl)=NO)ccc2c1. The Morgan fingerprint density at radius 3 is 2.53 bits per heavy atom. The normalized spacial score (nSPS) is 11.8. The minimum atomic E-state index is -0.489. The lowest BCUT2D eigenvalue weighted by Crippen LogP contribution is -2.07. The molecular formula is C13H10ClNO2. The number of carbonyl (C=O) groups excluding carboxylic acids is 1. The van der Waals surface area contributed by atoms with Crippen molar-refractivity contribution in [3.8, 4) is 0 Å². The van der Waals surface area contributed by atoms with Crippen LogP contribution in [0.25, 0.3) is 10.8 Å². The lowest BCUT2D eigenvalue weighted by atomic mass is 10.0. The van der Waals surface area contributed by atoms with Gasteiger partial charge in [0.2, 0.25) is 11.0 Å². The molecule has 17 heavy (non-hydrogen) atoms. The van der Waals surface area contributed by atoms with Gasteiger partial charge in [-0.3, -0.25) is 4.79 Å². The fourth-order valence-corrected chi connectivity index (χ4v) is 1.78. The van der Waals surface area contributed by atoms with Crippen LogP contribution in [0.3, 0.4) is 0 Å². The molecule has 0 aliphatic carbocycles. The second kappa shape index (κ2) is 4.55. The lowest BCUT2D eigenvalue weighted by molar-refractivity contribution is 0.106. The summed E-state index contributed by atoms with van der Waals surface area (Å²) in [5.41, 5.74) is 1.57. The molecule has 4 heteroatoms. The van der Waals surface area contributed by atoms with E-state index in [0.29, 0.717) is 5.56 Å². The molecule has 2 aromatic rings. The van der Waals surface area contributed by atoms with Gasteiger partial charge in [-0.15, -0.1) is 0 Å². The molecule has 2 rings (SSSR count). The van der Waals surface area contributed by atoms with Gasteiger partial charge in [-0.1, -0.05) is 52.7 Å². The number of aryl methyl sites for hydroxylation is 1. The van der Waals surface area contributed by atoms with Crippen LogP contribution in [0.5, 0.6) is 0 Å². The first kappa shape index (κ1) is 11.6. The first-order valence-corrected chi connectivity index (χ1v) is 5.42. The molecule has 0 unspecified atom stereocenters. The maximum Gasteiger partial charge on any atom is 0.226 e. The van der Waals surface area contributed by atoms with E-state index < -0.39 is 11.0 Å². The van der Waals surface area contributed by atoms with E-state index in [0.717, 1.165) is 16.3 Å². The summed E-state index contributed by atoms with van der Waals surface area (Å²) < 4.78 is 0. The molecule has 0 atom stereocenters. The maximum absolute atomic E-state index is 11.7. The molecule has 0 aliphatic rings. The van der Waals surface area contributed by atoms with Crippen LogP contribution >= 0.6 is 11.6 Å². The largest absolute Gasteiger partial charge is 0.410 e. The number of rotatable bonds is 2. The van der Waals surface area contributed by atoms with Gasteiger partial charge in [0.25, 0.3) is 0 Å². The number of nitrogens with zero attached hydrogens (tertiary/aromatic N) is 1. The number of hydrogen-bond donors (Lipinski definition) is 1. The topological polar surface area (TPSA) is 49.7 Å². The maximum atomic E-state index is 11.7. The van der Waals surface area contributed by atoms with Crippen molar-refractivity contribution in [1.29, 1.82) is 0 Å². The Balaban J connectivity index is 2.52. The van der Waals surface area contributed by atoms with Crippen molar-refractivity contribution in [1.82, 2.24) is 0 Å².